The maximum atomic E-state index is 12.6. The molecule has 0 spiro atoms. The summed E-state index contributed by atoms with van der Waals surface area (Å²) in [5.41, 5.74) is 2.65. The molecular formula is C28H33N5O5S. The molecule has 1 heterocycles. The molecule has 0 unspecified atom stereocenters. The number of amides is 1. The average molecular weight is 552 g/mol. The zero-order valence-electron chi connectivity index (χ0n) is 21.9. The number of sulfonamides is 1. The number of carbonyl (C=O) groups excluding carboxylic acids is 1. The minimum atomic E-state index is -3.71. The smallest absolute Gasteiger partial charge is 0.261 e. The van der Waals surface area contributed by atoms with Gasteiger partial charge in [-0.1, -0.05) is 30.3 Å². The summed E-state index contributed by atoms with van der Waals surface area (Å²) in [6, 6.07) is 20.5. The first-order valence-electron chi connectivity index (χ1n) is 12.6. The lowest BCUT2D eigenvalue weighted by Gasteiger charge is -2.15. The molecule has 10 nitrogen and oxygen atoms in total. The molecule has 0 fully saturated rings. The highest BCUT2D eigenvalue weighted by atomic mass is 32.2. The van der Waals surface area contributed by atoms with Gasteiger partial charge in [0.05, 0.1) is 22.2 Å². The normalized spacial score (nSPS) is 12.3. The lowest BCUT2D eigenvalue weighted by Crippen LogP contribution is -2.26. The third-order valence-electron chi connectivity index (χ3n) is 6.15. The Bertz CT molecular complexity index is 1510. The predicted octanol–water partition coefficient (Wildman–Crippen LogP) is 3.09. The standard InChI is InChI=1S/C28H33N5O5S/c1-33(2)28(35)14-13-25-24-12-11-22(18-26(24)31-30-25)38-16-15-29-19-27(34)20-7-6-8-21(17-20)32-39(36,37)23-9-4-3-5-10-23/h3-12,17-18,27,29,32,34H,13-16,19H2,1-2H3,(H,30,31)/t27-/m0/s1. The number of fused-ring (bicyclic) bond motifs is 1. The number of aliphatic hydroxyl groups is 1. The Morgan fingerprint density at radius 3 is 2.64 bits per heavy atom. The Kier molecular flexibility index (Phi) is 9.18. The lowest BCUT2D eigenvalue weighted by atomic mass is 10.1. The Labute approximate surface area is 228 Å². The Morgan fingerprint density at radius 1 is 1.08 bits per heavy atom. The number of aryl methyl sites for hydroxylation is 1. The van der Waals surface area contributed by atoms with Crippen molar-refractivity contribution in [2.45, 2.75) is 23.8 Å². The first-order chi connectivity index (χ1) is 18.7. The fourth-order valence-corrected chi connectivity index (χ4v) is 5.08. The average Bonchev–Trinajstić information content (AvgIpc) is 3.34. The summed E-state index contributed by atoms with van der Waals surface area (Å²) in [7, 11) is -0.238. The van der Waals surface area contributed by atoms with E-state index in [4.69, 9.17) is 4.74 Å². The highest BCUT2D eigenvalue weighted by Crippen LogP contribution is 2.23. The fraction of sp³-hybridized carbons (Fsp3) is 0.286. The van der Waals surface area contributed by atoms with Gasteiger partial charge < -0.3 is 20.1 Å². The second kappa shape index (κ2) is 12.7. The molecule has 0 aliphatic rings. The number of ether oxygens (including phenoxy) is 1. The van der Waals surface area contributed by atoms with E-state index in [1.54, 1.807) is 61.5 Å². The van der Waals surface area contributed by atoms with Crippen molar-refractivity contribution in [3.63, 3.8) is 0 Å². The second-order valence-electron chi connectivity index (χ2n) is 9.28. The van der Waals surface area contributed by atoms with Crippen molar-refractivity contribution < 1.29 is 23.1 Å². The quantitative estimate of drug-likeness (QED) is 0.188. The highest BCUT2D eigenvalue weighted by molar-refractivity contribution is 7.92. The van der Waals surface area contributed by atoms with Gasteiger partial charge in [0.2, 0.25) is 5.91 Å². The number of benzene rings is 3. The van der Waals surface area contributed by atoms with Crippen LogP contribution in [0.4, 0.5) is 5.69 Å². The molecule has 0 saturated carbocycles. The van der Waals surface area contributed by atoms with Crippen molar-refractivity contribution >= 4 is 32.5 Å². The van der Waals surface area contributed by atoms with Gasteiger partial charge in [-0.3, -0.25) is 14.6 Å². The van der Waals surface area contributed by atoms with E-state index >= 15 is 0 Å². The summed E-state index contributed by atoms with van der Waals surface area (Å²) in [5, 5.41) is 22.0. The minimum absolute atomic E-state index is 0.0593. The van der Waals surface area contributed by atoms with Gasteiger partial charge in [-0.25, -0.2) is 8.42 Å². The van der Waals surface area contributed by atoms with E-state index in [9.17, 15) is 18.3 Å². The summed E-state index contributed by atoms with van der Waals surface area (Å²) in [6.45, 7) is 1.15. The molecular weight excluding hydrogens is 518 g/mol. The number of H-pyrrole nitrogens is 1. The zero-order valence-corrected chi connectivity index (χ0v) is 22.7. The number of nitrogens with one attached hydrogen (secondary N) is 3. The van der Waals surface area contributed by atoms with E-state index in [2.05, 4.69) is 20.2 Å². The number of hydrogen-bond donors (Lipinski definition) is 4. The molecule has 0 aliphatic carbocycles. The molecule has 0 saturated heterocycles. The monoisotopic (exact) mass is 551 g/mol. The highest BCUT2D eigenvalue weighted by Gasteiger charge is 2.15. The SMILES string of the molecule is CN(C)C(=O)CCc1n[nH]c2cc(OCCNC[C@H](O)c3cccc(NS(=O)(=O)c4ccccc4)c3)ccc12. The van der Waals surface area contributed by atoms with Crippen LogP contribution in [0.5, 0.6) is 5.75 Å². The number of nitrogens with zero attached hydrogens (tertiary/aromatic N) is 2. The van der Waals surface area contributed by atoms with E-state index in [-0.39, 0.29) is 17.3 Å². The van der Waals surface area contributed by atoms with Crippen molar-refractivity contribution in [2.24, 2.45) is 0 Å². The zero-order chi connectivity index (χ0) is 27.8. The van der Waals surface area contributed by atoms with Crippen molar-refractivity contribution in [1.29, 1.82) is 0 Å². The van der Waals surface area contributed by atoms with E-state index in [0.29, 0.717) is 43.0 Å². The first-order valence-corrected chi connectivity index (χ1v) is 14.1. The van der Waals surface area contributed by atoms with Crippen molar-refractivity contribution in [3.05, 3.63) is 84.1 Å². The van der Waals surface area contributed by atoms with E-state index in [1.807, 2.05) is 18.2 Å². The van der Waals surface area contributed by atoms with Gasteiger partial charge in [0.1, 0.15) is 12.4 Å². The number of aromatic amines is 1. The molecule has 4 aromatic rings. The van der Waals surface area contributed by atoms with Crippen LogP contribution in [-0.2, 0) is 21.2 Å². The Hall–Kier alpha value is -3.93. The van der Waals surface area contributed by atoms with Gasteiger partial charge in [0, 0.05) is 57.2 Å². The molecule has 4 rings (SSSR count). The van der Waals surface area contributed by atoms with Gasteiger partial charge in [0.25, 0.3) is 10.0 Å². The van der Waals surface area contributed by atoms with Gasteiger partial charge >= 0.3 is 0 Å². The predicted molar refractivity (Wildman–Crippen MR) is 150 cm³/mol. The molecule has 206 valence electrons. The van der Waals surface area contributed by atoms with Crippen LogP contribution in [0.25, 0.3) is 10.9 Å². The summed E-state index contributed by atoms with van der Waals surface area (Å²) < 4.78 is 33.5. The van der Waals surface area contributed by atoms with Crippen molar-refractivity contribution in [1.82, 2.24) is 20.4 Å². The Morgan fingerprint density at radius 2 is 1.87 bits per heavy atom. The maximum absolute atomic E-state index is 12.6. The van der Waals surface area contributed by atoms with Gasteiger partial charge in [-0.05, 0) is 42.0 Å². The molecule has 11 heteroatoms. The summed E-state index contributed by atoms with van der Waals surface area (Å²) in [6.07, 6.45) is 0.132. The number of carbonyl (C=O) groups is 1. The largest absolute Gasteiger partial charge is 0.492 e. The van der Waals surface area contributed by atoms with Crippen molar-refractivity contribution in [2.75, 3.05) is 38.5 Å². The number of hydrogen-bond acceptors (Lipinski definition) is 7. The third kappa shape index (κ3) is 7.56. The van der Waals surface area contributed by atoms with Crippen LogP contribution < -0.4 is 14.8 Å². The summed E-state index contributed by atoms with van der Waals surface area (Å²) in [4.78, 5) is 13.6. The van der Waals surface area contributed by atoms with Gasteiger partial charge in [-0.15, -0.1) is 0 Å². The molecule has 4 N–H and O–H groups in total. The summed E-state index contributed by atoms with van der Waals surface area (Å²) in [5.74, 6) is 0.743. The van der Waals surface area contributed by atoms with Crippen LogP contribution >= 0.6 is 0 Å². The topological polar surface area (TPSA) is 137 Å². The van der Waals surface area contributed by atoms with E-state index in [0.717, 1.165) is 16.6 Å². The Balaban J connectivity index is 1.23. The molecule has 3 aromatic carbocycles. The fourth-order valence-electron chi connectivity index (χ4n) is 4.01. The molecule has 1 amide bonds. The number of aliphatic hydroxyl groups excluding tert-OH is 1. The van der Waals surface area contributed by atoms with Crippen LogP contribution in [0.2, 0.25) is 0 Å². The number of anilines is 1. The third-order valence-corrected chi connectivity index (χ3v) is 7.55. The first kappa shape index (κ1) is 28.1. The van der Waals surface area contributed by atoms with Crippen molar-refractivity contribution in [3.8, 4) is 5.75 Å². The molecule has 0 radical (unpaired) electrons. The van der Waals surface area contributed by atoms with E-state index < -0.39 is 16.1 Å². The summed E-state index contributed by atoms with van der Waals surface area (Å²) >= 11 is 0. The molecule has 1 aromatic heterocycles. The van der Waals surface area contributed by atoms with Crippen LogP contribution in [0, 0.1) is 0 Å². The molecule has 0 bridgehead atoms. The van der Waals surface area contributed by atoms with Crippen LogP contribution in [0.15, 0.2) is 77.7 Å². The minimum Gasteiger partial charge on any atom is -0.492 e. The van der Waals surface area contributed by atoms with Crippen LogP contribution in [-0.4, -0.2) is 68.3 Å². The van der Waals surface area contributed by atoms with Gasteiger partial charge in [0.15, 0.2) is 0 Å². The van der Waals surface area contributed by atoms with E-state index in [1.165, 1.54) is 12.1 Å². The molecule has 39 heavy (non-hydrogen) atoms. The van der Waals surface area contributed by atoms with Crippen LogP contribution in [0.3, 0.4) is 0 Å². The second-order valence-corrected chi connectivity index (χ2v) is 11.0. The number of aromatic nitrogens is 2. The maximum Gasteiger partial charge on any atom is 0.261 e. The lowest BCUT2D eigenvalue weighted by molar-refractivity contribution is -0.128. The van der Waals surface area contributed by atoms with Crippen LogP contribution in [0.1, 0.15) is 23.8 Å². The van der Waals surface area contributed by atoms with Gasteiger partial charge in [-0.2, -0.15) is 5.10 Å². The molecule has 0 aliphatic heterocycles. The number of rotatable bonds is 13. The molecule has 1 atom stereocenters.